The average Bonchev–Trinajstić information content (AvgIpc) is 3.37. The number of nitriles is 1. The molecule has 2 aliphatic carbocycles. The van der Waals surface area contributed by atoms with Crippen molar-refractivity contribution in [1.29, 1.82) is 5.26 Å². The van der Waals surface area contributed by atoms with Gasteiger partial charge in [0.05, 0.1) is 23.5 Å². The minimum absolute atomic E-state index is 0.0992. The van der Waals surface area contributed by atoms with E-state index >= 15 is 0 Å². The quantitative estimate of drug-likeness (QED) is 0.848. The van der Waals surface area contributed by atoms with Gasteiger partial charge in [-0.1, -0.05) is 6.07 Å². The highest BCUT2D eigenvalue weighted by atomic mass is 32.2. The van der Waals surface area contributed by atoms with Crippen LogP contribution < -0.4 is 5.32 Å². The number of nitrogens with one attached hydrogen (secondary N) is 1. The molecule has 1 amide bonds. The van der Waals surface area contributed by atoms with Gasteiger partial charge in [-0.15, -0.1) is 0 Å². The van der Waals surface area contributed by atoms with Gasteiger partial charge in [-0.05, 0) is 60.4 Å². The molecule has 2 heterocycles. The van der Waals surface area contributed by atoms with Crippen molar-refractivity contribution < 1.29 is 4.79 Å². The average molecular weight is 391 g/mol. The minimum atomic E-state index is 0.0992. The Bertz CT molecular complexity index is 977. The summed E-state index contributed by atoms with van der Waals surface area (Å²) in [5.41, 5.74) is 5.64. The number of thioether (sulfide) groups is 1. The van der Waals surface area contributed by atoms with E-state index in [0.29, 0.717) is 23.1 Å². The van der Waals surface area contributed by atoms with E-state index < -0.39 is 0 Å². The lowest BCUT2D eigenvalue weighted by molar-refractivity contribution is 0.0764. The van der Waals surface area contributed by atoms with Gasteiger partial charge in [0, 0.05) is 30.3 Å². The van der Waals surface area contributed by atoms with Crippen LogP contribution in [0.25, 0.3) is 0 Å². The zero-order valence-electron chi connectivity index (χ0n) is 15.6. The Morgan fingerprint density at radius 2 is 2.00 bits per heavy atom. The number of nitrogens with zero attached hydrogens (tertiary/aromatic N) is 3. The number of carbonyl (C=O) groups excluding carboxylic acids is 1. The molecule has 0 radical (unpaired) electrons. The normalized spacial score (nSPS) is 22.6. The van der Waals surface area contributed by atoms with Gasteiger partial charge in [0.15, 0.2) is 0 Å². The Balaban J connectivity index is 1.52. The fourth-order valence-electron chi connectivity index (χ4n) is 4.91. The fraction of sp³-hybridized carbons (Fsp3) is 0.409. The first-order valence-electron chi connectivity index (χ1n) is 9.91. The standard InChI is InChI=1S/C22H22N4OS/c23-12-14-2-1-3-17(10-14)25-18-13-24-21(22(27)26-6-8-28-9-7-26)20-16-5-4-15(11-16)19(18)20/h1-3,10,13,15-16,25H,4-9,11H2. The lowest BCUT2D eigenvalue weighted by atomic mass is 9.89. The van der Waals surface area contributed by atoms with E-state index in [-0.39, 0.29) is 5.91 Å². The second-order valence-corrected chi connectivity index (χ2v) is 9.00. The van der Waals surface area contributed by atoms with Crippen LogP contribution in [-0.4, -0.2) is 40.4 Å². The van der Waals surface area contributed by atoms with Crippen LogP contribution >= 0.6 is 11.8 Å². The minimum Gasteiger partial charge on any atom is -0.354 e. The molecule has 2 unspecified atom stereocenters. The second kappa shape index (κ2) is 7.14. The summed E-state index contributed by atoms with van der Waals surface area (Å²) < 4.78 is 0. The monoisotopic (exact) mass is 390 g/mol. The smallest absolute Gasteiger partial charge is 0.272 e. The molecule has 5 nitrogen and oxygen atoms in total. The summed E-state index contributed by atoms with van der Waals surface area (Å²) in [6.07, 6.45) is 5.29. The van der Waals surface area contributed by atoms with Crippen LogP contribution in [-0.2, 0) is 0 Å². The Morgan fingerprint density at radius 3 is 2.79 bits per heavy atom. The first-order valence-corrected chi connectivity index (χ1v) is 11.1. The summed E-state index contributed by atoms with van der Waals surface area (Å²) in [5.74, 6) is 3.08. The number of pyridine rings is 1. The molecular weight excluding hydrogens is 368 g/mol. The van der Waals surface area contributed by atoms with E-state index in [0.717, 1.165) is 48.8 Å². The van der Waals surface area contributed by atoms with Crippen LogP contribution in [0.5, 0.6) is 0 Å². The molecule has 1 aromatic carbocycles. The van der Waals surface area contributed by atoms with Gasteiger partial charge in [0.1, 0.15) is 5.69 Å². The molecule has 2 fully saturated rings. The summed E-state index contributed by atoms with van der Waals surface area (Å²) in [7, 11) is 0. The molecule has 1 N–H and O–H groups in total. The van der Waals surface area contributed by atoms with Crippen molar-refractivity contribution in [1.82, 2.24) is 9.88 Å². The number of benzene rings is 1. The highest BCUT2D eigenvalue weighted by Gasteiger charge is 2.42. The lowest BCUT2D eigenvalue weighted by Gasteiger charge is -2.28. The molecule has 142 valence electrons. The summed E-state index contributed by atoms with van der Waals surface area (Å²) in [4.78, 5) is 19.8. The zero-order chi connectivity index (χ0) is 19.1. The van der Waals surface area contributed by atoms with Gasteiger partial charge in [0.25, 0.3) is 5.91 Å². The SMILES string of the molecule is N#Cc1cccc(Nc2cnc(C(=O)N3CCSCC3)c3c2C2CCC3C2)c1. The molecule has 1 aromatic heterocycles. The van der Waals surface area contributed by atoms with Gasteiger partial charge < -0.3 is 10.2 Å². The van der Waals surface area contributed by atoms with Crippen molar-refractivity contribution in [2.45, 2.75) is 31.1 Å². The van der Waals surface area contributed by atoms with Crippen molar-refractivity contribution in [3.63, 3.8) is 0 Å². The van der Waals surface area contributed by atoms with Crippen LogP contribution in [0.3, 0.4) is 0 Å². The first kappa shape index (κ1) is 17.6. The zero-order valence-corrected chi connectivity index (χ0v) is 16.5. The Labute approximate surface area is 169 Å². The molecule has 3 aliphatic rings. The maximum atomic E-state index is 13.2. The Hall–Kier alpha value is -2.52. The number of amides is 1. The van der Waals surface area contributed by atoms with Crippen LogP contribution in [0.1, 0.15) is 58.3 Å². The van der Waals surface area contributed by atoms with Gasteiger partial charge in [-0.3, -0.25) is 4.79 Å². The number of hydrogen-bond donors (Lipinski definition) is 1. The van der Waals surface area contributed by atoms with E-state index in [4.69, 9.17) is 5.26 Å². The number of aromatic nitrogens is 1. The summed E-state index contributed by atoms with van der Waals surface area (Å²) in [6, 6.07) is 9.68. The van der Waals surface area contributed by atoms with Gasteiger partial charge >= 0.3 is 0 Å². The van der Waals surface area contributed by atoms with Crippen molar-refractivity contribution in [2.75, 3.05) is 29.9 Å². The third-order valence-corrected chi connectivity index (χ3v) is 7.12. The molecule has 0 spiro atoms. The van der Waals surface area contributed by atoms with Gasteiger partial charge in [-0.25, -0.2) is 4.98 Å². The van der Waals surface area contributed by atoms with Gasteiger partial charge in [0.2, 0.25) is 0 Å². The predicted octanol–water partition coefficient (Wildman–Crippen LogP) is 4.25. The third-order valence-electron chi connectivity index (χ3n) is 6.18. The number of fused-ring (bicyclic) bond motifs is 5. The fourth-order valence-corrected chi connectivity index (χ4v) is 5.81. The van der Waals surface area contributed by atoms with E-state index in [1.54, 1.807) is 6.07 Å². The summed E-state index contributed by atoms with van der Waals surface area (Å²) in [6.45, 7) is 1.63. The highest BCUT2D eigenvalue weighted by molar-refractivity contribution is 7.99. The summed E-state index contributed by atoms with van der Waals surface area (Å²) in [5, 5.41) is 12.6. The molecule has 2 aromatic rings. The first-order chi connectivity index (χ1) is 13.7. The molecule has 1 saturated carbocycles. The van der Waals surface area contributed by atoms with Crippen LogP contribution in [0.4, 0.5) is 11.4 Å². The number of rotatable bonds is 3. The molecular formula is C22H22N4OS. The third kappa shape index (κ3) is 2.94. The Morgan fingerprint density at radius 1 is 1.21 bits per heavy atom. The molecule has 5 rings (SSSR count). The van der Waals surface area contributed by atoms with Crippen molar-refractivity contribution in [3.8, 4) is 6.07 Å². The number of carbonyl (C=O) groups is 1. The van der Waals surface area contributed by atoms with E-state index in [1.807, 2.05) is 41.1 Å². The van der Waals surface area contributed by atoms with Crippen molar-refractivity contribution >= 4 is 29.0 Å². The molecule has 1 saturated heterocycles. The van der Waals surface area contributed by atoms with Crippen LogP contribution in [0.15, 0.2) is 30.5 Å². The molecule has 28 heavy (non-hydrogen) atoms. The number of anilines is 2. The van der Waals surface area contributed by atoms with E-state index in [2.05, 4.69) is 16.4 Å². The van der Waals surface area contributed by atoms with E-state index in [1.165, 1.54) is 17.5 Å². The maximum Gasteiger partial charge on any atom is 0.272 e. The van der Waals surface area contributed by atoms with Gasteiger partial charge in [-0.2, -0.15) is 17.0 Å². The Kier molecular flexibility index (Phi) is 4.48. The lowest BCUT2D eigenvalue weighted by Crippen LogP contribution is -2.39. The number of hydrogen-bond acceptors (Lipinski definition) is 5. The largest absolute Gasteiger partial charge is 0.354 e. The molecule has 1 aliphatic heterocycles. The van der Waals surface area contributed by atoms with E-state index in [9.17, 15) is 4.79 Å². The van der Waals surface area contributed by atoms with Crippen molar-refractivity contribution in [2.24, 2.45) is 0 Å². The summed E-state index contributed by atoms with van der Waals surface area (Å²) >= 11 is 1.91. The van der Waals surface area contributed by atoms with Crippen LogP contribution in [0.2, 0.25) is 0 Å². The molecule has 2 atom stereocenters. The molecule has 6 heteroatoms. The highest BCUT2D eigenvalue weighted by Crippen LogP contribution is 2.56. The maximum absolute atomic E-state index is 13.2. The van der Waals surface area contributed by atoms with Crippen LogP contribution in [0, 0.1) is 11.3 Å². The van der Waals surface area contributed by atoms with Crippen molar-refractivity contribution in [3.05, 3.63) is 52.8 Å². The second-order valence-electron chi connectivity index (χ2n) is 7.78. The topological polar surface area (TPSA) is 69.0 Å². The molecule has 2 bridgehead atoms. The predicted molar refractivity (Wildman–Crippen MR) is 111 cm³/mol.